The van der Waals surface area contributed by atoms with E-state index in [9.17, 15) is 0 Å². The Bertz CT molecular complexity index is 430. The van der Waals surface area contributed by atoms with Crippen LogP contribution in [-0.4, -0.2) is 19.6 Å². The molecular formula is C7H8BrN5. The molecule has 2 N–H and O–H groups in total. The van der Waals surface area contributed by atoms with Gasteiger partial charge in [-0.1, -0.05) is 0 Å². The van der Waals surface area contributed by atoms with E-state index in [0.29, 0.717) is 11.5 Å². The fourth-order valence-electron chi connectivity index (χ4n) is 1.09. The minimum atomic E-state index is 0.609. The number of nitrogens with two attached hydrogens (primary N) is 1. The summed E-state index contributed by atoms with van der Waals surface area (Å²) in [6, 6.07) is 0. The molecule has 0 unspecified atom stereocenters. The van der Waals surface area contributed by atoms with Crippen LogP contribution in [0.2, 0.25) is 0 Å². The van der Waals surface area contributed by atoms with E-state index < -0.39 is 0 Å². The van der Waals surface area contributed by atoms with Gasteiger partial charge in [0.25, 0.3) is 0 Å². The molecule has 0 aromatic carbocycles. The van der Waals surface area contributed by atoms with Gasteiger partial charge in [-0.25, -0.2) is 4.68 Å². The predicted octanol–water partition coefficient (Wildman–Crippen LogP) is 0.951. The van der Waals surface area contributed by atoms with Gasteiger partial charge in [0.2, 0.25) is 0 Å². The third-order valence-corrected chi connectivity index (χ3v) is 2.01. The summed E-state index contributed by atoms with van der Waals surface area (Å²) >= 11 is 3.30. The molecule has 0 aliphatic heterocycles. The third-order valence-electron chi connectivity index (χ3n) is 1.60. The Labute approximate surface area is 83.3 Å². The van der Waals surface area contributed by atoms with E-state index in [4.69, 9.17) is 5.73 Å². The van der Waals surface area contributed by atoms with E-state index in [-0.39, 0.29) is 0 Å². The average Bonchev–Trinajstić information content (AvgIpc) is 2.58. The minimum absolute atomic E-state index is 0.609. The summed E-state index contributed by atoms with van der Waals surface area (Å²) in [6.45, 7) is 0. The highest BCUT2D eigenvalue weighted by atomic mass is 79.9. The normalized spacial score (nSPS) is 10.6. The Hall–Kier alpha value is -1.30. The van der Waals surface area contributed by atoms with Crippen molar-refractivity contribution in [2.75, 3.05) is 5.73 Å². The second-order valence-electron chi connectivity index (χ2n) is 2.68. The van der Waals surface area contributed by atoms with Crippen LogP contribution in [0.15, 0.2) is 23.1 Å². The Morgan fingerprint density at radius 3 is 2.69 bits per heavy atom. The van der Waals surface area contributed by atoms with Crippen LogP contribution in [0.4, 0.5) is 5.69 Å². The fourth-order valence-corrected chi connectivity index (χ4v) is 1.38. The maximum absolute atomic E-state index is 5.72. The van der Waals surface area contributed by atoms with E-state index in [1.54, 1.807) is 28.0 Å². The number of aromatic nitrogens is 4. The largest absolute Gasteiger partial charge is 0.394 e. The molecule has 68 valence electrons. The van der Waals surface area contributed by atoms with E-state index >= 15 is 0 Å². The lowest BCUT2D eigenvalue weighted by Gasteiger charge is -1.94. The molecule has 2 rings (SSSR count). The number of nitrogens with zero attached hydrogens (tertiary/aromatic N) is 4. The topological polar surface area (TPSA) is 61.7 Å². The summed E-state index contributed by atoms with van der Waals surface area (Å²) in [6.07, 6.45) is 5.23. The monoisotopic (exact) mass is 241 g/mol. The number of nitrogen functional groups attached to an aromatic ring is 1. The third kappa shape index (κ3) is 1.44. The van der Waals surface area contributed by atoms with Crippen LogP contribution >= 0.6 is 15.9 Å². The Balaban J connectivity index is 2.51. The lowest BCUT2D eigenvalue weighted by Crippen LogP contribution is -1.99. The number of anilines is 1. The molecule has 0 saturated heterocycles. The number of aryl methyl sites for hydroxylation is 1. The first-order chi connectivity index (χ1) is 6.16. The fraction of sp³-hybridized carbons (Fsp3) is 0.143. The maximum atomic E-state index is 5.72. The highest BCUT2D eigenvalue weighted by molar-refractivity contribution is 9.10. The Morgan fingerprint density at radius 1 is 1.46 bits per heavy atom. The van der Waals surface area contributed by atoms with Gasteiger partial charge in [0.1, 0.15) is 0 Å². The summed E-state index contributed by atoms with van der Waals surface area (Å²) < 4.78 is 4.18. The van der Waals surface area contributed by atoms with Gasteiger partial charge >= 0.3 is 0 Å². The summed E-state index contributed by atoms with van der Waals surface area (Å²) in [4.78, 5) is 0. The van der Waals surface area contributed by atoms with Gasteiger partial charge in [0.05, 0.1) is 16.4 Å². The van der Waals surface area contributed by atoms with Gasteiger partial charge in [-0.15, -0.1) is 0 Å². The van der Waals surface area contributed by atoms with E-state index in [1.165, 1.54) is 0 Å². The zero-order valence-corrected chi connectivity index (χ0v) is 8.56. The summed E-state index contributed by atoms with van der Waals surface area (Å²) in [5, 5.41) is 8.24. The van der Waals surface area contributed by atoms with Crippen molar-refractivity contribution in [2.24, 2.45) is 7.05 Å². The number of halogens is 1. The smallest absolute Gasteiger partial charge is 0.198 e. The zero-order chi connectivity index (χ0) is 9.42. The minimum Gasteiger partial charge on any atom is -0.394 e. The zero-order valence-electron chi connectivity index (χ0n) is 6.98. The van der Waals surface area contributed by atoms with Crippen molar-refractivity contribution in [2.45, 2.75) is 0 Å². The summed E-state index contributed by atoms with van der Waals surface area (Å²) in [5.41, 5.74) is 6.33. The van der Waals surface area contributed by atoms with Crippen LogP contribution in [0.25, 0.3) is 5.82 Å². The van der Waals surface area contributed by atoms with Crippen molar-refractivity contribution in [3.63, 3.8) is 0 Å². The van der Waals surface area contributed by atoms with Gasteiger partial charge in [-0.05, 0) is 15.9 Å². The molecule has 5 nitrogen and oxygen atoms in total. The summed E-state index contributed by atoms with van der Waals surface area (Å²) in [7, 11) is 1.82. The van der Waals surface area contributed by atoms with Crippen LogP contribution in [0.3, 0.4) is 0 Å². The van der Waals surface area contributed by atoms with Crippen LogP contribution in [0.5, 0.6) is 0 Å². The first-order valence-corrected chi connectivity index (χ1v) is 4.46. The van der Waals surface area contributed by atoms with Crippen LogP contribution in [-0.2, 0) is 7.05 Å². The Kier molecular flexibility index (Phi) is 1.84. The lowest BCUT2D eigenvalue weighted by molar-refractivity contribution is 0.731. The molecule has 2 aromatic rings. The van der Waals surface area contributed by atoms with Crippen molar-refractivity contribution in [1.29, 1.82) is 0 Å². The SMILES string of the molecule is Cn1cc(N)c(-n2cc(Br)cn2)n1. The Morgan fingerprint density at radius 2 is 2.23 bits per heavy atom. The van der Waals surface area contributed by atoms with E-state index in [0.717, 1.165) is 4.47 Å². The molecule has 0 radical (unpaired) electrons. The standard InChI is InChI=1S/C7H8BrN5/c1-12-4-6(9)7(11-12)13-3-5(8)2-10-13/h2-4H,9H2,1H3. The van der Waals surface area contributed by atoms with Gasteiger partial charge in [-0.3, -0.25) is 4.68 Å². The second-order valence-corrected chi connectivity index (χ2v) is 3.60. The molecule has 6 heteroatoms. The number of hydrogen-bond acceptors (Lipinski definition) is 3. The van der Waals surface area contributed by atoms with Gasteiger partial charge < -0.3 is 5.73 Å². The van der Waals surface area contributed by atoms with Gasteiger partial charge in [0.15, 0.2) is 5.82 Å². The predicted molar refractivity (Wildman–Crippen MR) is 52.4 cm³/mol. The molecule has 0 bridgehead atoms. The molecule has 0 aliphatic rings. The molecule has 0 amide bonds. The molecule has 2 heterocycles. The molecule has 0 atom stereocenters. The van der Waals surface area contributed by atoms with E-state index in [2.05, 4.69) is 26.1 Å². The summed E-state index contributed by atoms with van der Waals surface area (Å²) in [5.74, 6) is 0.646. The van der Waals surface area contributed by atoms with Crippen molar-refractivity contribution >= 4 is 21.6 Å². The molecule has 13 heavy (non-hydrogen) atoms. The first kappa shape index (κ1) is 8.31. The second kappa shape index (κ2) is 2.88. The van der Waals surface area contributed by atoms with Crippen LogP contribution < -0.4 is 5.73 Å². The molecule has 0 saturated carbocycles. The first-order valence-electron chi connectivity index (χ1n) is 3.66. The number of hydrogen-bond donors (Lipinski definition) is 1. The molecule has 0 fully saturated rings. The lowest BCUT2D eigenvalue weighted by atomic mass is 10.5. The molecule has 0 aliphatic carbocycles. The van der Waals surface area contributed by atoms with Crippen molar-refractivity contribution in [3.05, 3.63) is 23.1 Å². The quantitative estimate of drug-likeness (QED) is 0.809. The van der Waals surface area contributed by atoms with Gasteiger partial charge in [-0.2, -0.15) is 10.2 Å². The molecule has 2 aromatic heterocycles. The van der Waals surface area contributed by atoms with E-state index in [1.807, 2.05) is 7.05 Å². The highest BCUT2D eigenvalue weighted by Crippen LogP contribution is 2.15. The highest BCUT2D eigenvalue weighted by Gasteiger charge is 2.06. The average molecular weight is 242 g/mol. The van der Waals surface area contributed by atoms with Crippen molar-refractivity contribution in [1.82, 2.24) is 19.6 Å². The molecule has 0 spiro atoms. The van der Waals surface area contributed by atoms with Crippen LogP contribution in [0, 0.1) is 0 Å². The van der Waals surface area contributed by atoms with Gasteiger partial charge in [0, 0.05) is 19.4 Å². The molecular weight excluding hydrogens is 234 g/mol. The maximum Gasteiger partial charge on any atom is 0.198 e. The van der Waals surface area contributed by atoms with Crippen LogP contribution in [0.1, 0.15) is 0 Å². The number of rotatable bonds is 1. The van der Waals surface area contributed by atoms with Crippen molar-refractivity contribution < 1.29 is 0 Å². The van der Waals surface area contributed by atoms with Crippen molar-refractivity contribution in [3.8, 4) is 5.82 Å².